The first-order valence-corrected chi connectivity index (χ1v) is 6.76. The van der Waals surface area contributed by atoms with E-state index < -0.39 is 0 Å². The molecule has 0 aromatic carbocycles. The van der Waals surface area contributed by atoms with Gasteiger partial charge in [-0.2, -0.15) is 5.26 Å². The van der Waals surface area contributed by atoms with Gasteiger partial charge in [-0.1, -0.05) is 11.6 Å². The molecule has 0 saturated carbocycles. The zero-order valence-corrected chi connectivity index (χ0v) is 11.7. The zero-order valence-electron chi connectivity index (χ0n) is 8.58. The van der Waals surface area contributed by atoms with Crippen molar-refractivity contribution < 1.29 is 0 Å². The molecule has 2 aromatic heterocycles. The maximum absolute atomic E-state index is 8.71. The standard InChI is InChI=1S/C11H7BrClN3S/c12-10-2-8(4-16-11(10)13)15-5-9-1-7(3-14)6-17-9/h1-2,4,6,15H,5H2. The molecule has 0 bridgehead atoms. The molecule has 2 aromatic rings. The predicted octanol–water partition coefficient (Wildman–Crippen LogP) is 4.04. The molecular weight excluding hydrogens is 322 g/mol. The lowest BCUT2D eigenvalue weighted by Crippen LogP contribution is -1.98. The van der Waals surface area contributed by atoms with Crippen LogP contribution >= 0.6 is 38.9 Å². The van der Waals surface area contributed by atoms with Crippen LogP contribution in [0.15, 0.2) is 28.2 Å². The summed E-state index contributed by atoms with van der Waals surface area (Å²) in [6.07, 6.45) is 1.67. The molecule has 0 aliphatic heterocycles. The van der Waals surface area contributed by atoms with Crippen molar-refractivity contribution in [2.75, 3.05) is 5.32 Å². The molecule has 17 heavy (non-hydrogen) atoms. The molecule has 2 heterocycles. The average molecular weight is 329 g/mol. The summed E-state index contributed by atoms with van der Waals surface area (Å²) >= 11 is 10.7. The van der Waals surface area contributed by atoms with E-state index in [-0.39, 0.29) is 0 Å². The summed E-state index contributed by atoms with van der Waals surface area (Å²) in [5.74, 6) is 0. The van der Waals surface area contributed by atoms with Gasteiger partial charge >= 0.3 is 0 Å². The fourth-order valence-corrected chi connectivity index (χ4v) is 2.44. The van der Waals surface area contributed by atoms with Gasteiger partial charge in [-0.25, -0.2) is 4.98 Å². The van der Waals surface area contributed by atoms with Crippen molar-refractivity contribution in [1.82, 2.24) is 4.98 Å². The molecule has 0 spiro atoms. The second kappa shape index (κ2) is 5.50. The van der Waals surface area contributed by atoms with Gasteiger partial charge in [0.15, 0.2) is 0 Å². The summed E-state index contributed by atoms with van der Waals surface area (Å²) in [5.41, 5.74) is 1.58. The first kappa shape index (κ1) is 12.4. The summed E-state index contributed by atoms with van der Waals surface area (Å²) in [6.45, 7) is 0.669. The number of aromatic nitrogens is 1. The largest absolute Gasteiger partial charge is 0.379 e. The quantitative estimate of drug-likeness (QED) is 0.865. The third-order valence-corrected chi connectivity index (χ3v) is 4.12. The molecule has 0 fully saturated rings. The number of hydrogen-bond acceptors (Lipinski definition) is 4. The highest BCUT2D eigenvalue weighted by Gasteiger charge is 2.02. The van der Waals surface area contributed by atoms with Crippen LogP contribution in [-0.4, -0.2) is 4.98 Å². The van der Waals surface area contributed by atoms with Crippen molar-refractivity contribution in [2.45, 2.75) is 6.54 Å². The van der Waals surface area contributed by atoms with Gasteiger partial charge in [0, 0.05) is 16.8 Å². The summed E-state index contributed by atoms with van der Waals surface area (Å²) in [7, 11) is 0. The Morgan fingerprint density at radius 1 is 1.53 bits per heavy atom. The first-order valence-electron chi connectivity index (χ1n) is 4.71. The van der Waals surface area contributed by atoms with E-state index in [0.717, 1.165) is 15.0 Å². The van der Waals surface area contributed by atoms with Crippen molar-refractivity contribution in [3.8, 4) is 6.07 Å². The van der Waals surface area contributed by atoms with Crippen molar-refractivity contribution in [2.24, 2.45) is 0 Å². The Balaban J connectivity index is 2.02. The van der Waals surface area contributed by atoms with Crippen LogP contribution in [0, 0.1) is 11.3 Å². The molecule has 0 amide bonds. The molecule has 2 rings (SSSR count). The van der Waals surface area contributed by atoms with Gasteiger partial charge in [0.25, 0.3) is 0 Å². The van der Waals surface area contributed by atoms with Gasteiger partial charge < -0.3 is 5.32 Å². The number of thiophene rings is 1. The van der Waals surface area contributed by atoms with Crippen molar-refractivity contribution >= 4 is 44.6 Å². The van der Waals surface area contributed by atoms with E-state index in [4.69, 9.17) is 16.9 Å². The van der Waals surface area contributed by atoms with Crippen molar-refractivity contribution in [3.63, 3.8) is 0 Å². The fraction of sp³-hybridized carbons (Fsp3) is 0.0909. The lowest BCUT2D eigenvalue weighted by molar-refractivity contribution is 1.17. The van der Waals surface area contributed by atoms with Gasteiger partial charge in [0.1, 0.15) is 11.2 Å². The van der Waals surface area contributed by atoms with E-state index in [1.807, 2.05) is 17.5 Å². The number of nitrogens with one attached hydrogen (secondary N) is 1. The predicted molar refractivity (Wildman–Crippen MR) is 73.3 cm³/mol. The summed E-state index contributed by atoms with van der Waals surface area (Å²) in [6, 6.07) is 5.85. The highest BCUT2D eigenvalue weighted by molar-refractivity contribution is 9.10. The minimum absolute atomic E-state index is 0.443. The third kappa shape index (κ3) is 3.19. The van der Waals surface area contributed by atoms with Crippen LogP contribution in [0.2, 0.25) is 5.15 Å². The average Bonchev–Trinajstić information content (AvgIpc) is 2.79. The number of anilines is 1. The molecule has 6 heteroatoms. The van der Waals surface area contributed by atoms with Crippen LogP contribution in [0.3, 0.4) is 0 Å². The van der Waals surface area contributed by atoms with E-state index in [1.165, 1.54) is 0 Å². The van der Waals surface area contributed by atoms with Crippen LogP contribution in [0.5, 0.6) is 0 Å². The zero-order chi connectivity index (χ0) is 12.3. The smallest absolute Gasteiger partial charge is 0.143 e. The molecule has 1 N–H and O–H groups in total. The van der Waals surface area contributed by atoms with E-state index in [9.17, 15) is 0 Å². The van der Waals surface area contributed by atoms with Crippen molar-refractivity contribution in [3.05, 3.63) is 43.8 Å². The minimum Gasteiger partial charge on any atom is -0.379 e. The van der Waals surface area contributed by atoms with Crippen LogP contribution in [0.25, 0.3) is 0 Å². The number of nitrogens with zero attached hydrogens (tertiary/aromatic N) is 2. The molecule has 0 aliphatic rings. The van der Waals surface area contributed by atoms with Crippen molar-refractivity contribution in [1.29, 1.82) is 5.26 Å². The van der Waals surface area contributed by atoms with E-state index in [1.54, 1.807) is 17.5 Å². The maximum Gasteiger partial charge on any atom is 0.143 e. The highest BCUT2D eigenvalue weighted by atomic mass is 79.9. The van der Waals surface area contributed by atoms with Crippen LogP contribution < -0.4 is 5.32 Å². The summed E-state index contributed by atoms with van der Waals surface area (Å²) in [4.78, 5) is 5.12. The van der Waals surface area contributed by atoms with E-state index >= 15 is 0 Å². The minimum atomic E-state index is 0.443. The molecule has 0 atom stereocenters. The van der Waals surface area contributed by atoms with Crippen LogP contribution in [0.1, 0.15) is 10.4 Å². The number of pyridine rings is 1. The Bertz CT molecular complexity index is 576. The third-order valence-electron chi connectivity index (χ3n) is 2.05. The van der Waals surface area contributed by atoms with Gasteiger partial charge in [-0.15, -0.1) is 11.3 Å². The molecule has 0 unspecified atom stereocenters. The summed E-state index contributed by atoms with van der Waals surface area (Å²) < 4.78 is 0.757. The lowest BCUT2D eigenvalue weighted by Gasteiger charge is -2.05. The number of rotatable bonds is 3. The first-order chi connectivity index (χ1) is 8.19. The maximum atomic E-state index is 8.71. The molecular formula is C11H7BrClN3S. The molecule has 0 radical (unpaired) electrons. The van der Waals surface area contributed by atoms with E-state index in [0.29, 0.717) is 17.3 Å². The molecule has 86 valence electrons. The van der Waals surface area contributed by atoms with Gasteiger partial charge in [0.2, 0.25) is 0 Å². The number of hydrogen-bond donors (Lipinski definition) is 1. The Morgan fingerprint density at radius 2 is 2.35 bits per heavy atom. The topological polar surface area (TPSA) is 48.7 Å². The fourth-order valence-electron chi connectivity index (χ4n) is 1.24. The van der Waals surface area contributed by atoms with Gasteiger partial charge in [-0.3, -0.25) is 0 Å². The second-order valence-corrected chi connectivity index (χ2v) is 5.47. The molecule has 0 aliphatic carbocycles. The Hall–Kier alpha value is -1.09. The molecule has 0 saturated heterocycles. The normalized spacial score (nSPS) is 9.94. The number of halogens is 2. The van der Waals surface area contributed by atoms with Crippen LogP contribution in [-0.2, 0) is 6.54 Å². The summed E-state index contributed by atoms with van der Waals surface area (Å²) in [5, 5.41) is 14.2. The SMILES string of the molecule is N#Cc1csc(CNc2cnc(Cl)c(Br)c2)c1. The molecule has 3 nitrogen and oxygen atoms in total. The number of nitriles is 1. The Labute approximate surface area is 116 Å². The lowest BCUT2D eigenvalue weighted by atomic mass is 10.3. The van der Waals surface area contributed by atoms with E-state index in [2.05, 4.69) is 32.3 Å². The monoisotopic (exact) mass is 327 g/mol. The van der Waals surface area contributed by atoms with Gasteiger partial charge in [-0.05, 0) is 28.1 Å². The highest BCUT2D eigenvalue weighted by Crippen LogP contribution is 2.23. The second-order valence-electron chi connectivity index (χ2n) is 3.26. The van der Waals surface area contributed by atoms with Crippen LogP contribution in [0.4, 0.5) is 5.69 Å². The Morgan fingerprint density at radius 3 is 3.00 bits per heavy atom. The van der Waals surface area contributed by atoms with Gasteiger partial charge in [0.05, 0.1) is 21.9 Å². The Kier molecular flexibility index (Phi) is 4.00.